The van der Waals surface area contributed by atoms with Crippen LogP contribution >= 0.6 is 0 Å². The minimum atomic E-state index is 0.662. The fourth-order valence-electron chi connectivity index (χ4n) is 2.19. The summed E-state index contributed by atoms with van der Waals surface area (Å²) in [6.07, 6.45) is 10.1. The molecule has 0 spiro atoms. The van der Waals surface area contributed by atoms with Crippen molar-refractivity contribution >= 4 is 0 Å². The Morgan fingerprint density at radius 1 is 0.357 bits per heavy atom. The highest BCUT2D eigenvalue weighted by Crippen LogP contribution is 1.99. The molecule has 0 fully saturated rings. The van der Waals surface area contributed by atoms with Gasteiger partial charge >= 0.3 is 0 Å². The van der Waals surface area contributed by atoms with Crippen LogP contribution < -0.4 is 0 Å². The molecule has 0 aromatic carbocycles. The highest BCUT2D eigenvalue weighted by molar-refractivity contribution is 4.40. The van der Waals surface area contributed by atoms with Crippen molar-refractivity contribution in [3.05, 3.63) is 0 Å². The molecule has 0 radical (unpaired) electrons. The molecule has 0 saturated carbocycles. The van der Waals surface area contributed by atoms with E-state index in [9.17, 15) is 0 Å². The maximum atomic E-state index is 5.39. The van der Waals surface area contributed by atoms with Crippen molar-refractivity contribution < 1.29 is 28.4 Å². The van der Waals surface area contributed by atoms with E-state index in [1.165, 1.54) is 51.4 Å². The third-order valence-corrected chi connectivity index (χ3v) is 3.89. The SMILES string of the molecule is CCCCCCOCCOCCOC.CCCCCCOCCOCCOC. The van der Waals surface area contributed by atoms with E-state index >= 15 is 0 Å². The van der Waals surface area contributed by atoms with E-state index in [-0.39, 0.29) is 0 Å². The van der Waals surface area contributed by atoms with Crippen molar-refractivity contribution in [3.63, 3.8) is 0 Å². The van der Waals surface area contributed by atoms with Crippen molar-refractivity contribution in [1.82, 2.24) is 0 Å². The lowest BCUT2D eigenvalue weighted by atomic mass is 10.2. The Bertz CT molecular complexity index is 193. The second-order valence-electron chi connectivity index (χ2n) is 6.56. The monoisotopic (exact) mass is 408 g/mol. The Kier molecular flexibility index (Phi) is 33.7. The van der Waals surface area contributed by atoms with Crippen LogP contribution in [0, 0.1) is 0 Å². The standard InChI is InChI=1S/2C11H24O3/c2*1-3-4-5-6-7-13-10-11-14-9-8-12-2/h2*3-11H2,1-2H3. The molecule has 0 heterocycles. The van der Waals surface area contributed by atoms with Gasteiger partial charge in [0, 0.05) is 27.4 Å². The quantitative estimate of drug-likeness (QED) is 0.246. The second-order valence-corrected chi connectivity index (χ2v) is 6.56. The Hall–Kier alpha value is -0.240. The number of rotatable bonds is 22. The van der Waals surface area contributed by atoms with Gasteiger partial charge in [0.2, 0.25) is 0 Å². The zero-order valence-electron chi connectivity index (χ0n) is 19.2. The van der Waals surface area contributed by atoms with E-state index in [0.29, 0.717) is 52.9 Å². The first-order chi connectivity index (χ1) is 13.8. The van der Waals surface area contributed by atoms with Gasteiger partial charge in [-0.05, 0) is 12.8 Å². The molecule has 0 aromatic heterocycles. The van der Waals surface area contributed by atoms with Gasteiger partial charge in [0.05, 0.1) is 52.9 Å². The number of hydrogen-bond acceptors (Lipinski definition) is 6. The molecule has 0 unspecified atom stereocenters. The summed E-state index contributed by atoms with van der Waals surface area (Å²) in [5.41, 5.74) is 0. The van der Waals surface area contributed by atoms with Gasteiger partial charge in [0.25, 0.3) is 0 Å². The molecule has 6 heteroatoms. The average molecular weight is 409 g/mol. The van der Waals surface area contributed by atoms with E-state index in [1.54, 1.807) is 14.2 Å². The van der Waals surface area contributed by atoms with Gasteiger partial charge in [-0.15, -0.1) is 0 Å². The topological polar surface area (TPSA) is 55.4 Å². The fraction of sp³-hybridized carbons (Fsp3) is 1.00. The predicted octanol–water partition coefficient (Wildman–Crippen LogP) is 4.49. The third-order valence-electron chi connectivity index (χ3n) is 3.89. The van der Waals surface area contributed by atoms with Crippen molar-refractivity contribution in [3.8, 4) is 0 Å². The minimum Gasteiger partial charge on any atom is -0.382 e. The van der Waals surface area contributed by atoms with E-state index in [2.05, 4.69) is 13.8 Å². The zero-order valence-corrected chi connectivity index (χ0v) is 19.2. The van der Waals surface area contributed by atoms with E-state index in [0.717, 1.165) is 13.2 Å². The van der Waals surface area contributed by atoms with Crippen LogP contribution in [0.4, 0.5) is 0 Å². The molecule has 28 heavy (non-hydrogen) atoms. The first-order valence-corrected chi connectivity index (χ1v) is 11.1. The first kappa shape index (κ1) is 30.0. The van der Waals surface area contributed by atoms with Gasteiger partial charge in [0.1, 0.15) is 0 Å². The van der Waals surface area contributed by atoms with E-state index in [1.807, 2.05) is 0 Å². The van der Waals surface area contributed by atoms with Crippen LogP contribution in [0.5, 0.6) is 0 Å². The second kappa shape index (κ2) is 31.5. The molecule has 0 rings (SSSR count). The zero-order chi connectivity index (χ0) is 21.0. The molecule has 0 N–H and O–H groups in total. The molecule has 172 valence electrons. The van der Waals surface area contributed by atoms with Gasteiger partial charge in [-0.25, -0.2) is 0 Å². The largest absolute Gasteiger partial charge is 0.382 e. The lowest BCUT2D eigenvalue weighted by molar-refractivity contribution is 0.0240. The lowest BCUT2D eigenvalue weighted by Gasteiger charge is -2.05. The Labute approximate surface area is 174 Å². The summed E-state index contributed by atoms with van der Waals surface area (Å²) in [6, 6.07) is 0. The summed E-state index contributed by atoms with van der Waals surface area (Å²) in [4.78, 5) is 0. The molecule has 0 aliphatic heterocycles. The van der Waals surface area contributed by atoms with Gasteiger partial charge in [-0.1, -0.05) is 52.4 Å². The fourth-order valence-corrected chi connectivity index (χ4v) is 2.19. The van der Waals surface area contributed by atoms with Crippen LogP contribution in [0.1, 0.15) is 65.2 Å². The molecule has 0 saturated heterocycles. The molecule has 6 nitrogen and oxygen atoms in total. The van der Waals surface area contributed by atoms with E-state index in [4.69, 9.17) is 28.4 Å². The minimum absolute atomic E-state index is 0.662. The number of methoxy groups -OCH3 is 2. The van der Waals surface area contributed by atoms with Crippen molar-refractivity contribution in [2.75, 3.05) is 80.3 Å². The Morgan fingerprint density at radius 2 is 0.679 bits per heavy atom. The maximum Gasteiger partial charge on any atom is 0.0701 e. The molecule has 0 atom stereocenters. The molecular weight excluding hydrogens is 360 g/mol. The van der Waals surface area contributed by atoms with Crippen LogP contribution in [0.3, 0.4) is 0 Å². The summed E-state index contributed by atoms with van der Waals surface area (Å²) in [7, 11) is 3.35. The highest BCUT2D eigenvalue weighted by atomic mass is 16.5. The van der Waals surface area contributed by atoms with Crippen molar-refractivity contribution in [1.29, 1.82) is 0 Å². The van der Waals surface area contributed by atoms with Crippen LogP contribution in [0.15, 0.2) is 0 Å². The molecular formula is C22H48O6. The van der Waals surface area contributed by atoms with Gasteiger partial charge in [-0.2, -0.15) is 0 Å². The van der Waals surface area contributed by atoms with Gasteiger partial charge < -0.3 is 28.4 Å². The first-order valence-electron chi connectivity index (χ1n) is 11.1. The molecule has 0 aliphatic rings. The smallest absolute Gasteiger partial charge is 0.0701 e. The van der Waals surface area contributed by atoms with Crippen LogP contribution in [-0.4, -0.2) is 80.3 Å². The number of ether oxygens (including phenoxy) is 6. The number of unbranched alkanes of at least 4 members (excludes halogenated alkanes) is 6. The molecule has 0 bridgehead atoms. The average Bonchev–Trinajstić information content (AvgIpc) is 2.71. The van der Waals surface area contributed by atoms with Crippen LogP contribution in [0.2, 0.25) is 0 Å². The van der Waals surface area contributed by atoms with Crippen molar-refractivity contribution in [2.45, 2.75) is 65.2 Å². The summed E-state index contributed by atoms with van der Waals surface area (Å²) < 4.78 is 31.0. The normalized spacial score (nSPS) is 10.7. The molecule has 0 aromatic rings. The van der Waals surface area contributed by atoms with Gasteiger partial charge in [0.15, 0.2) is 0 Å². The molecule has 0 aliphatic carbocycles. The van der Waals surface area contributed by atoms with E-state index < -0.39 is 0 Å². The summed E-state index contributed by atoms with van der Waals surface area (Å²) in [5.74, 6) is 0. The Balaban J connectivity index is 0. The van der Waals surface area contributed by atoms with Crippen LogP contribution in [-0.2, 0) is 28.4 Å². The lowest BCUT2D eigenvalue weighted by Crippen LogP contribution is -2.08. The maximum absolute atomic E-state index is 5.39. The molecule has 0 amide bonds. The van der Waals surface area contributed by atoms with Crippen molar-refractivity contribution in [2.24, 2.45) is 0 Å². The summed E-state index contributed by atoms with van der Waals surface area (Å²) in [6.45, 7) is 11.6. The van der Waals surface area contributed by atoms with Crippen LogP contribution in [0.25, 0.3) is 0 Å². The number of hydrogen-bond donors (Lipinski definition) is 0. The summed E-state index contributed by atoms with van der Waals surface area (Å²) >= 11 is 0. The third kappa shape index (κ3) is 33.4. The Morgan fingerprint density at radius 3 is 1.00 bits per heavy atom. The predicted molar refractivity (Wildman–Crippen MR) is 115 cm³/mol. The van der Waals surface area contributed by atoms with Gasteiger partial charge in [-0.3, -0.25) is 0 Å². The highest BCUT2D eigenvalue weighted by Gasteiger charge is 1.91. The summed E-state index contributed by atoms with van der Waals surface area (Å²) in [5, 5.41) is 0.